The van der Waals surface area contributed by atoms with Crippen LogP contribution in [0, 0.1) is 18.6 Å². The van der Waals surface area contributed by atoms with Gasteiger partial charge in [-0.2, -0.15) is 0 Å². The minimum Gasteiger partial charge on any atom is -0.335 e. The van der Waals surface area contributed by atoms with Crippen molar-refractivity contribution in [3.8, 4) is 0 Å². The van der Waals surface area contributed by atoms with E-state index in [2.05, 4.69) is 20.6 Å². The lowest BCUT2D eigenvalue weighted by Crippen LogP contribution is -2.15. The molecule has 3 aromatic rings. The van der Waals surface area contributed by atoms with Gasteiger partial charge in [0.25, 0.3) is 5.91 Å². The van der Waals surface area contributed by atoms with Crippen LogP contribution in [-0.2, 0) is 0 Å². The number of nitrogens with zero attached hydrogens (tertiary/aromatic N) is 2. The Kier molecular flexibility index (Phi) is 5.09. The van der Waals surface area contributed by atoms with Crippen molar-refractivity contribution in [2.75, 3.05) is 10.6 Å². The maximum atomic E-state index is 13.8. The Labute approximate surface area is 153 Å². The van der Waals surface area contributed by atoms with E-state index in [9.17, 15) is 13.6 Å². The van der Waals surface area contributed by atoms with Gasteiger partial charge in [0.05, 0.1) is 10.7 Å². The van der Waals surface area contributed by atoms with Gasteiger partial charge in [0, 0.05) is 6.07 Å². The number of para-hydroxylation sites is 2. The average Bonchev–Trinajstić information content (AvgIpc) is 2.60. The zero-order valence-corrected chi connectivity index (χ0v) is 14.3. The Hall–Kier alpha value is -3.06. The third kappa shape index (κ3) is 3.94. The van der Waals surface area contributed by atoms with Crippen LogP contribution in [0.25, 0.3) is 0 Å². The lowest BCUT2D eigenvalue weighted by molar-refractivity contribution is 0.102. The summed E-state index contributed by atoms with van der Waals surface area (Å²) in [6, 6.07) is 11.5. The number of aromatic nitrogens is 2. The molecule has 0 atom stereocenters. The van der Waals surface area contributed by atoms with Gasteiger partial charge in [-0.25, -0.2) is 18.7 Å². The molecule has 26 heavy (non-hydrogen) atoms. The third-order valence-corrected chi connectivity index (χ3v) is 3.74. The molecule has 0 aliphatic rings. The molecule has 0 saturated carbocycles. The van der Waals surface area contributed by atoms with Crippen molar-refractivity contribution in [3.63, 3.8) is 0 Å². The van der Waals surface area contributed by atoms with Crippen LogP contribution in [0.3, 0.4) is 0 Å². The molecule has 0 bridgehead atoms. The van der Waals surface area contributed by atoms with E-state index in [1.165, 1.54) is 12.1 Å². The quantitative estimate of drug-likeness (QED) is 0.694. The molecular formula is C18H13ClF2N4O. The number of carbonyl (C=O) groups is 1. The fourth-order valence-electron chi connectivity index (χ4n) is 2.24. The first-order valence-corrected chi connectivity index (χ1v) is 7.94. The van der Waals surface area contributed by atoms with Gasteiger partial charge in [-0.15, -0.1) is 0 Å². The Balaban J connectivity index is 1.88. The SMILES string of the molecule is Cc1nc(Nc2c(F)cccc2F)cc(C(=O)Nc2ccccc2Cl)n1. The van der Waals surface area contributed by atoms with Crippen molar-refractivity contribution in [3.05, 3.63) is 76.7 Å². The zero-order chi connectivity index (χ0) is 18.7. The van der Waals surface area contributed by atoms with Gasteiger partial charge in [0.15, 0.2) is 0 Å². The minimum atomic E-state index is -0.775. The highest BCUT2D eigenvalue weighted by atomic mass is 35.5. The van der Waals surface area contributed by atoms with Crippen LogP contribution in [0.4, 0.5) is 26.0 Å². The molecule has 1 amide bonds. The molecular weight excluding hydrogens is 362 g/mol. The Bertz CT molecular complexity index is 961. The second-order valence-corrected chi connectivity index (χ2v) is 5.75. The molecule has 2 N–H and O–H groups in total. The van der Waals surface area contributed by atoms with Crippen molar-refractivity contribution in [2.45, 2.75) is 6.92 Å². The second-order valence-electron chi connectivity index (χ2n) is 5.34. The van der Waals surface area contributed by atoms with Gasteiger partial charge in [-0.05, 0) is 31.2 Å². The number of rotatable bonds is 4. The maximum Gasteiger partial charge on any atom is 0.274 e. The number of hydrogen-bond acceptors (Lipinski definition) is 4. The van der Waals surface area contributed by atoms with Gasteiger partial charge in [-0.3, -0.25) is 4.79 Å². The fourth-order valence-corrected chi connectivity index (χ4v) is 2.43. The summed E-state index contributed by atoms with van der Waals surface area (Å²) < 4.78 is 27.6. The number of amides is 1. The zero-order valence-electron chi connectivity index (χ0n) is 13.6. The first-order valence-electron chi connectivity index (χ1n) is 7.56. The monoisotopic (exact) mass is 374 g/mol. The highest BCUT2D eigenvalue weighted by molar-refractivity contribution is 6.33. The summed E-state index contributed by atoms with van der Waals surface area (Å²) in [5.74, 6) is -1.73. The minimum absolute atomic E-state index is 0.0247. The predicted octanol–water partition coefficient (Wildman–Crippen LogP) is 4.71. The van der Waals surface area contributed by atoms with Crippen LogP contribution >= 0.6 is 11.6 Å². The predicted molar refractivity (Wildman–Crippen MR) is 95.8 cm³/mol. The Morgan fingerprint density at radius 1 is 1.04 bits per heavy atom. The van der Waals surface area contributed by atoms with Gasteiger partial charge in [0.2, 0.25) is 0 Å². The van der Waals surface area contributed by atoms with Gasteiger partial charge >= 0.3 is 0 Å². The van der Waals surface area contributed by atoms with E-state index < -0.39 is 17.5 Å². The van der Waals surface area contributed by atoms with Crippen molar-refractivity contribution >= 4 is 34.7 Å². The average molecular weight is 375 g/mol. The van der Waals surface area contributed by atoms with E-state index >= 15 is 0 Å². The molecule has 5 nitrogen and oxygen atoms in total. The van der Waals surface area contributed by atoms with Crippen LogP contribution in [-0.4, -0.2) is 15.9 Å². The fraction of sp³-hybridized carbons (Fsp3) is 0.0556. The highest BCUT2D eigenvalue weighted by Crippen LogP contribution is 2.24. The summed E-state index contributed by atoms with van der Waals surface area (Å²) in [5, 5.41) is 5.55. The topological polar surface area (TPSA) is 66.9 Å². The van der Waals surface area contributed by atoms with Crippen LogP contribution < -0.4 is 10.6 Å². The maximum absolute atomic E-state index is 13.8. The number of benzene rings is 2. The van der Waals surface area contributed by atoms with Gasteiger partial charge in [-0.1, -0.05) is 29.8 Å². The van der Waals surface area contributed by atoms with Crippen molar-refractivity contribution in [1.82, 2.24) is 9.97 Å². The number of halogens is 3. The molecule has 1 aromatic heterocycles. The molecule has 0 fully saturated rings. The molecule has 2 aromatic carbocycles. The summed E-state index contributed by atoms with van der Waals surface area (Å²) in [5.41, 5.74) is 0.0878. The van der Waals surface area contributed by atoms with Crippen LogP contribution in [0.15, 0.2) is 48.5 Å². The lowest BCUT2D eigenvalue weighted by atomic mass is 10.2. The largest absolute Gasteiger partial charge is 0.335 e. The summed E-state index contributed by atoms with van der Waals surface area (Å²) in [7, 11) is 0. The number of aryl methyl sites for hydroxylation is 1. The summed E-state index contributed by atoms with van der Waals surface area (Å²) in [6.45, 7) is 1.56. The summed E-state index contributed by atoms with van der Waals surface area (Å²) in [4.78, 5) is 20.5. The molecule has 0 spiro atoms. The van der Waals surface area contributed by atoms with Crippen LogP contribution in [0.1, 0.15) is 16.3 Å². The number of nitrogens with one attached hydrogen (secondary N) is 2. The van der Waals surface area contributed by atoms with Gasteiger partial charge in [0.1, 0.15) is 34.7 Å². The standard InChI is InChI=1S/C18H13ClF2N4O/c1-10-22-15(18(26)24-14-8-3-2-5-11(14)19)9-16(23-10)25-17-12(20)6-4-7-13(17)21/h2-9H,1H3,(H,24,26)(H,22,23,25). The molecule has 3 rings (SSSR count). The van der Waals surface area contributed by atoms with Crippen LogP contribution in [0.2, 0.25) is 5.02 Å². The summed E-state index contributed by atoms with van der Waals surface area (Å²) >= 11 is 6.02. The van der Waals surface area contributed by atoms with E-state index in [-0.39, 0.29) is 23.0 Å². The first-order chi connectivity index (χ1) is 12.4. The van der Waals surface area contributed by atoms with Gasteiger partial charge < -0.3 is 10.6 Å². The first kappa shape index (κ1) is 17.8. The van der Waals surface area contributed by atoms with E-state index in [1.54, 1.807) is 31.2 Å². The molecule has 132 valence electrons. The normalized spacial score (nSPS) is 10.5. The number of anilines is 3. The number of carbonyl (C=O) groups excluding carboxylic acids is 1. The van der Waals surface area contributed by atoms with E-state index in [4.69, 9.17) is 11.6 Å². The smallest absolute Gasteiger partial charge is 0.274 e. The van der Waals surface area contributed by atoms with E-state index in [0.29, 0.717) is 10.7 Å². The molecule has 0 aliphatic carbocycles. The molecule has 8 heteroatoms. The number of hydrogen-bond donors (Lipinski definition) is 2. The Morgan fingerprint density at radius 3 is 2.42 bits per heavy atom. The Morgan fingerprint density at radius 2 is 1.73 bits per heavy atom. The molecule has 0 unspecified atom stereocenters. The van der Waals surface area contributed by atoms with Crippen molar-refractivity contribution in [1.29, 1.82) is 0 Å². The highest BCUT2D eigenvalue weighted by Gasteiger charge is 2.14. The summed E-state index contributed by atoms with van der Waals surface area (Å²) in [6.07, 6.45) is 0. The van der Waals surface area contributed by atoms with E-state index in [1.807, 2.05) is 0 Å². The third-order valence-electron chi connectivity index (χ3n) is 3.41. The van der Waals surface area contributed by atoms with Crippen LogP contribution in [0.5, 0.6) is 0 Å². The lowest BCUT2D eigenvalue weighted by Gasteiger charge is -2.11. The second kappa shape index (κ2) is 7.45. The van der Waals surface area contributed by atoms with Crippen molar-refractivity contribution < 1.29 is 13.6 Å². The molecule has 0 radical (unpaired) electrons. The van der Waals surface area contributed by atoms with E-state index in [0.717, 1.165) is 12.1 Å². The molecule has 1 heterocycles. The molecule has 0 saturated heterocycles. The molecule has 0 aliphatic heterocycles. The van der Waals surface area contributed by atoms with Crippen molar-refractivity contribution in [2.24, 2.45) is 0 Å².